The van der Waals surface area contributed by atoms with Gasteiger partial charge in [-0.25, -0.2) is 0 Å². The molecule has 0 amide bonds. The molecule has 1 aliphatic rings. The van der Waals surface area contributed by atoms with Crippen molar-refractivity contribution in [1.29, 1.82) is 0 Å². The summed E-state index contributed by atoms with van der Waals surface area (Å²) in [6, 6.07) is 7.16. The summed E-state index contributed by atoms with van der Waals surface area (Å²) < 4.78 is 86.0. The third-order valence-electron chi connectivity index (χ3n) is 5.66. The molecule has 0 heterocycles. The molecule has 176 valence electrons. The minimum Gasteiger partial charge on any atom is -0.490 e. The number of fused-ring (bicyclic) bond motifs is 1. The van der Waals surface area contributed by atoms with E-state index in [1.807, 2.05) is 0 Å². The summed E-state index contributed by atoms with van der Waals surface area (Å²) in [5.41, 5.74) is -0.393. The predicted molar refractivity (Wildman–Crippen MR) is 105 cm³/mol. The van der Waals surface area contributed by atoms with E-state index in [1.165, 1.54) is 24.3 Å². The highest BCUT2D eigenvalue weighted by Gasteiger charge is 2.42. The average Bonchev–Trinajstić information content (AvgIpc) is 2.69. The molecule has 2 aromatic rings. The molecule has 0 spiro atoms. The maximum atomic E-state index is 14.0. The summed E-state index contributed by atoms with van der Waals surface area (Å²) in [6.07, 6.45) is -10.1. The van der Waals surface area contributed by atoms with Crippen molar-refractivity contribution in [2.45, 2.75) is 57.1 Å². The van der Waals surface area contributed by atoms with Gasteiger partial charge in [0.25, 0.3) is 0 Å². The standard InChI is InChI=1S/C22H23F6NO3/c23-21(24,25)14-4-6-15(7-5-14)32-18-9-8-16-13(12-29-11-10-19(30)31)2-1-3-17(16)20(18)22(26,27)28/h1-3,8-9,14-15,29H,4-7,10-12H2,(H,30,31)/t14-,15+. The third-order valence-corrected chi connectivity index (χ3v) is 5.66. The molecule has 0 bridgehead atoms. The van der Waals surface area contributed by atoms with Gasteiger partial charge in [-0.2, -0.15) is 26.3 Å². The quantitative estimate of drug-likeness (QED) is 0.395. The van der Waals surface area contributed by atoms with Gasteiger partial charge in [0.05, 0.1) is 18.4 Å². The fourth-order valence-corrected chi connectivity index (χ4v) is 4.05. The molecule has 1 saturated carbocycles. The lowest BCUT2D eigenvalue weighted by atomic mass is 9.87. The van der Waals surface area contributed by atoms with E-state index >= 15 is 0 Å². The van der Waals surface area contributed by atoms with Crippen molar-refractivity contribution in [1.82, 2.24) is 5.32 Å². The first-order chi connectivity index (χ1) is 15.0. The van der Waals surface area contributed by atoms with Gasteiger partial charge < -0.3 is 15.2 Å². The predicted octanol–water partition coefficient (Wildman–Crippen LogP) is 5.92. The number of halogens is 6. The second-order valence-electron chi connectivity index (χ2n) is 7.90. The van der Waals surface area contributed by atoms with Crippen LogP contribution < -0.4 is 10.1 Å². The molecule has 0 atom stereocenters. The Morgan fingerprint density at radius 3 is 2.28 bits per heavy atom. The number of benzene rings is 2. The Labute approximate surface area is 180 Å². The van der Waals surface area contributed by atoms with E-state index in [0.29, 0.717) is 10.9 Å². The first-order valence-electron chi connectivity index (χ1n) is 10.2. The number of carbonyl (C=O) groups is 1. The molecule has 10 heteroatoms. The zero-order valence-corrected chi connectivity index (χ0v) is 17.0. The molecule has 0 unspecified atom stereocenters. The van der Waals surface area contributed by atoms with Crippen molar-refractivity contribution >= 4 is 16.7 Å². The molecule has 3 rings (SSSR count). The number of hydrogen-bond acceptors (Lipinski definition) is 3. The number of aliphatic carboxylic acids is 1. The second kappa shape index (κ2) is 9.56. The van der Waals surface area contributed by atoms with E-state index in [2.05, 4.69) is 5.32 Å². The molecule has 1 fully saturated rings. The molecule has 0 radical (unpaired) electrons. The number of nitrogens with one attached hydrogen (secondary N) is 1. The van der Waals surface area contributed by atoms with Crippen molar-refractivity contribution in [3.05, 3.63) is 41.5 Å². The third kappa shape index (κ3) is 5.85. The van der Waals surface area contributed by atoms with Crippen molar-refractivity contribution in [2.24, 2.45) is 5.92 Å². The maximum absolute atomic E-state index is 14.0. The summed E-state index contributed by atoms with van der Waals surface area (Å²) in [5, 5.41) is 11.9. The van der Waals surface area contributed by atoms with Crippen LogP contribution in [0.2, 0.25) is 0 Å². The Morgan fingerprint density at radius 1 is 1.00 bits per heavy atom. The Kier molecular flexibility index (Phi) is 7.22. The van der Waals surface area contributed by atoms with Crippen LogP contribution in [-0.4, -0.2) is 29.9 Å². The van der Waals surface area contributed by atoms with Crippen LogP contribution in [0.5, 0.6) is 5.75 Å². The van der Waals surface area contributed by atoms with Gasteiger partial charge in [0.1, 0.15) is 11.3 Å². The lowest BCUT2D eigenvalue weighted by molar-refractivity contribution is -0.185. The Balaban J connectivity index is 1.84. The summed E-state index contributed by atoms with van der Waals surface area (Å²) in [6.45, 7) is 0.350. The molecule has 32 heavy (non-hydrogen) atoms. The van der Waals surface area contributed by atoms with Gasteiger partial charge in [0.15, 0.2) is 0 Å². The van der Waals surface area contributed by atoms with Crippen molar-refractivity contribution in [2.75, 3.05) is 6.54 Å². The van der Waals surface area contributed by atoms with Gasteiger partial charge in [-0.3, -0.25) is 4.79 Å². The molecule has 1 aliphatic carbocycles. The summed E-state index contributed by atoms with van der Waals surface area (Å²) in [5.74, 6) is -2.82. The van der Waals surface area contributed by atoms with E-state index in [1.54, 1.807) is 6.07 Å². The molecule has 0 aliphatic heterocycles. The molecule has 0 aromatic heterocycles. The first kappa shape index (κ1) is 24.2. The van der Waals surface area contributed by atoms with Crippen LogP contribution in [-0.2, 0) is 17.5 Å². The van der Waals surface area contributed by atoms with Gasteiger partial charge in [-0.05, 0) is 48.1 Å². The topological polar surface area (TPSA) is 58.6 Å². The maximum Gasteiger partial charge on any atom is 0.420 e. The smallest absolute Gasteiger partial charge is 0.420 e. The van der Waals surface area contributed by atoms with Gasteiger partial charge >= 0.3 is 18.3 Å². The normalized spacial score (nSPS) is 19.8. The molecule has 2 N–H and O–H groups in total. The number of ether oxygens (including phenoxy) is 1. The lowest BCUT2D eigenvalue weighted by Crippen LogP contribution is -2.32. The summed E-state index contributed by atoms with van der Waals surface area (Å²) in [4.78, 5) is 10.6. The highest BCUT2D eigenvalue weighted by Crippen LogP contribution is 2.44. The molecular formula is C22H23F6NO3. The van der Waals surface area contributed by atoms with Crippen molar-refractivity contribution < 1.29 is 41.0 Å². The van der Waals surface area contributed by atoms with Gasteiger partial charge in [-0.1, -0.05) is 24.3 Å². The minimum atomic E-state index is -4.73. The van der Waals surface area contributed by atoms with Gasteiger partial charge in [0.2, 0.25) is 0 Å². The number of alkyl halides is 6. The number of hydrogen-bond donors (Lipinski definition) is 2. The van der Waals surface area contributed by atoms with Crippen molar-refractivity contribution in [3.63, 3.8) is 0 Å². The van der Waals surface area contributed by atoms with E-state index in [0.717, 1.165) is 0 Å². The van der Waals surface area contributed by atoms with Crippen LogP contribution in [0, 0.1) is 5.92 Å². The SMILES string of the molecule is O=C(O)CCNCc1cccc2c(C(F)(F)F)c(O[C@H]3CC[C@@H](C(F)(F)F)CC3)ccc12. The Morgan fingerprint density at radius 2 is 1.69 bits per heavy atom. The number of carboxylic acids is 1. The van der Waals surface area contributed by atoms with Crippen molar-refractivity contribution in [3.8, 4) is 5.75 Å². The largest absolute Gasteiger partial charge is 0.490 e. The summed E-state index contributed by atoms with van der Waals surface area (Å²) >= 11 is 0. The lowest BCUT2D eigenvalue weighted by Gasteiger charge is -2.31. The van der Waals surface area contributed by atoms with Crippen LogP contribution in [0.25, 0.3) is 10.8 Å². The first-order valence-corrected chi connectivity index (χ1v) is 10.2. The molecule has 0 saturated heterocycles. The number of carboxylic acid groups (broad SMARTS) is 1. The summed E-state index contributed by atoms with van der Waals surface area (Å²) in [7, 11) is 0. The van der Waals surface area contributed by atoms with Crippen LogP contribution in [0.15, 0.2) is 30.3 Å². The molecular weight excluding hydrogens is 440 g/mol. The van der Waals surface area contributed by atoms with Crippen LogP contribution >= 0.6 is 0 Å². The monoisotopic (exact) mass is 463 g/mol. The number of rotatable bonds is 7. The average molecular weight is 463 g/mol. The van der Waals surface area contributed by atoms with Gasteiger partial charge in [0, 0.05) is 13.1 Å². The minimum absolute atomic E-state index is 0.0348. The molecule has 4 nitrogen and oxygen atoms in total. The highest BCUT2D eigenvalue weighted by molar-refractivity contribution is 5.91. The fraction of sp³-hybridized carbons (Fsp3) is 0.500. The van der Waals surface area contributed by atoms with E-state index in [-0.39, 0.29) is 50.6 Å². The fourth-order valence-electron chi connectivity index (χ4n) is 4.05. The second-order valence-corrected chi connectivity index (χ2v) is 7.90. The Hall–Kier alpha value is -2.49. The van der Waals surface area contributed by atoms with E-state index < -0.39 is 41.7 Å². The molecule has 2 aromatic carbocycles. The van der Waals surface area contributed by atoms with E-state index in [9.17, 15) is 31.1 Å². The van der Waals surface area contributed by atoms with Crippen LogP contribution in [0.1, 0.15) is 43.2 Å². The Bertz CT molecular complexity index is 949. The zero-order chi connectivity index (χ0) is 23.5. The van der Waals surface area contributed by atoms with Crippen LogP contribution in [0.3, 0.4) is 0 Å². The van der Waals surface area contributed by atoms with Gasteiger partial charge in [-0.15, -0.1) is 0 Å². The van der Waals surface area contributed by atoms with E-state index in [4.69, 9.17) is 9.84 Å². The highest BCUT2D eigenvalue weighted by atomic mass is 19.4. The van der Waals surface area contributed by atoms with Crippen LogP contribution in [0.4, 0.5) is 26.3 Å². The zero-order valence-electron chi connectivity index (χ0n) is 17.0.